The molecule has 0 aromatic heterocycles. The van der Waals surface area contributed by atoms with E-state index in [1.165, 1.54) is 6.42 Å². The first-order valence-corrected chi connectivity index (χ1v) is 5.57. The maximum absolute atomic E-state index is 5.68. The highest BCUT2D eigenvalue weighted by atomic mass is 16.5. The molecule has 1 N–H and O–H groups in total. The summed E-state index contributed by atoms with van der Waals surface area (Å²) in [4.78, 5) is 2.19. The van der Waals surface area contributed by atoms with Crippen LogP contribution in [0.25, 0.3) is 0 Å². The molecule has 86 valence electrons. The average molecular weight is 202 g/mol. The van der Waals surface area contributed by atoms with Crippen molar-refractivity contribution in [1.82, 2.24) is 10.2 Å². The SMILES string of the molecule is CNCCCC(C)OCCCN(C)C. The molecule has 0 radical (unpaired) electrons. The van der Waals surface area contributed by atoms with Gasteiger partial charge < -0.3 is 15.0 Å². The Labute approximate surface area is 88.8 Å². The predicted octanol–water partition coefficient (Wildman–Crippen LogP) is 1.34. The lowest BCUT2D eigenvalue weighted by molar-refractivity contribution is 0.0544. The highest BCUT2D eigenvalue weighted by Gasteiger charge is 2.01. The Bertz CT molecular complexity index is 118. The number of rotatable bonds is 9. The monoisotopic (exact) mass is 202 g/mol. The normalized spacial score (nSPS) is 13.5. The fourth-order valence-corrected chi connectivity index (χ4v) is 1.31. The quantitative estimate of drug-likeness (QED) is 0.571. The van der Waals surface area contributed by atoms with Crippen molar-refractivity contribution < 1.29 is 4.74 Å². The van der Waals surface area contributed by atoms with Crippen LogP contribution in [0.1, 0.15) is 26.2 Å². The smallest absolute Gasteiger partial charge is 0.0547 e. The molecule has 0 aliphatic rings. The third-order valence-corrected chi connectivity index (χ3v) is 2.19. The lowest BCUT2D eigenvalue weighted by Crippen LogP contribution is -2.18. The summed E-state index contributed by atoms with van der Waals surface area (Å²) in [6.45, 7) is 5.25. The van der Waals surface area contributed by atoms with E-state index in [0.717, 1.165) is 32.5 Å². The van der Waals surface area contributed by atoms with Gasteiger partial charge in [0.1, 0.15) is 0 Å². The van der Waals surface area contributed by atoms with Crippen LogP contribution in [0.3, 0.4) is 0 Å². The lowest BCUT2D eigenvalue weighted by Gasteiger charge is -2.14. The third kappa shape index (κ3) is 9.96. The minimum Gasteiger partial charge on any atom is -0.378 e. The van der Waals surface area contributed by atoms with Crippen molar-refractivity contribution in [3.8, 4) is 0 Å². The van der Waals surface area contributed by atoms with Crippen LogP contribution in [0.4, 0.5) is 0 Å². The van der Waals surface area contributed by atoms with Crippen LogP contribution in [0.5, 0.6) is 0 Å². The molecule has 0 heterocycles. The summed E-state index contributed by atoms with van der Waals surface area (Å²) in [5, 5.41) is 3.14. The Morgan fingerprint density at radius 2 is 2.00 bits per heavy atom. The Balaban J connectivity index is 3.14. The van der Waals surface area contributed by atoms with Gasteiger partial charge in [0.2, 0.25) is 0 Å². The summed E-state index contributed by atoms with van der Waals surface area (Å²) in [5.41, 5.74) is 0. The lowest BCUT2D eigenvalue weighted by atomic mass is 10.2. The summed E-state index contributed by atoms with van der Waals surface area (Å²) < 4.78 is 5.68. The zero-order valence-electron chi connectivity index (χ0n) is 10.2. The molecule has 3 heteroatoms. The molecule has 0 saturated heterocycles. The van der Waals surface area contributed by atoms with E-state index in [0.29, 0.717) is 6.10 Å². The zero-order valence-corrected chi connectivity index (χ0v) is 10.2. The second kappa shape index (κ2) is 9.44. The number of nitrogens with one attached hydrogen (secondary N) is 1. The predicted molar refractivity (Wildman–Crippen MR) is 61.7 cm³/mol. The summed E-state index contributed by atoms with van der Waals surface area (Å²) in [6.07, 6.45) is 3.89. The van der Waals surface area contributed by atoms with Crippen LogP contribution < -0.4 is 5.32 Å². The topological polar surface area (TPSA) is 24.5 Å². The van der Waals surface area contributed by atoms with Crippen LogP contribution in [-0.2, 0) is 4.74 Å². The van der Waals surface area contributed by atoms with Gasteiger partial charge in [-0.25, -0.2) is 0 Å². The molecule has 0 aliphatic carbocycles. The summed E-state index contributed by atoms with van der Waals surface area (Å²) in [7, 11) is 6.18. The van der Waals surface area contributed by atoms with Crippen molar-refractivity contribution in [3.05, 3.63) is 0 Å². The van der Waals surface area contributed by atoms with Crippen LogP contribution in [-0.4, -0.2) is 51.8 Å². The molecule has 0 saturated carbocycles. The van der Waals surface area contributed by atoms with Gasteiger partial charge in [0, 0.05) is 6.61 Å². The zero-order chi connectivity index (χ0) is 10.8. The second-order valence-electron chi connectivity index (χ2n) is 4.08. The Hall–Kier alpha value is -0.120. The van der Waals surface area contributed by atoms with Gasteiger partial charge >= 0.3 is 0 Å². The van der Waals surface area contributed by atoms with Crippen LogP contribution >= 0.6 is 0 Å². The molecule has 0 fully saturated rings. The first-order chi connectivity index (χ1) is 6.66. The first-order valence-electron chi connectivity index (χ1n) is 5.57. The molecule has 0 aromatic rings. The van der Waals surface area contributed by atoms with Gasteiger partial charge in [0.25, 0.3) is 0 Å². The fourth-order valence-electron chi connectivity index (χ4n) is 1.31. The molecular formula is C11H26N2O. The van der Waals surface area contributed by atoms with E-state index in [9.17, 15) is 0 Å². The van der Waals surface area contributed by atoms with E-state index in [1.807, 2.05) is 7.05 Å². The molecule has 0 amide bonds. The maximum Gasteiger partial charge on any atom is 0.0547 e. The van der Waals surface area contributed by atoms with E-state index in [4.69, 9.17) is 4.74 Å². The van der Waals surface area contributed by atoms with Gasteiger partial charge in [0.05, 0.1) is 6.10 Å². The fraction of sp³-hybridized carbons (Fsp3) is 1.00. The molecule has 1 atom stereocenters. The van der Waals surface area contributed by atoms with Crippen molar-refractivity contribution >= 4 is 0 Å². The van der Waals surface area contributed by atoms with Gasteiger partial charge in [-0.15, -0.1) is 0 Å². The van der Waals surface area contributed by atoms with Gasteiger partial charge in [-0.3, -0.25) is 0 Å². The van der Waals surface area contributed by atoms with Crippen molar-refractivity contribution in [1.29, 1.82) is 0 Å². The first kappa shape index (κ1) is 13.9. The Kier molecular flexibility index (Phi) is 9.35. The van der Waals surface area contributed by atoms with Crippen LogP contribution in [0, 0.1) is 0 Å². The van der Waals surface area contributed by atoms with E-state index >= 15 is 0 Å². The molecule has 0 spiro atoms. The summed E-state index contributed by atoms with van der Waals surface area (Å²) >= 11 is 0. The minimum absolute atomic E-state index is 0.408. The van der Waals surface area contributed by atoms with Gasteiger partial charge in [-0.1, -0.05) is 0 Å². The molecular weight excluding hydrogens is 176 g/mol. The Morgan fingerprint density at radius 3 is 2.57 bits per heavy atom. The van der Waals surface area contributed by atoms with Crippen LogP contribution in [0.2, 0.25) is 0 Å². The number of hydrogen-bond acceptors (Lipinski definition) is 3. The van der Waals surface area contributed by atoms with Crippen molar-refractivity contribution in [3.63, 3.8) is 0 Å². The Morgan fingerprint density at radius 1 is 1.29 bits per heavy atom. The van der Waals surface area contributed by atoms with E-state index in [2.05, 4.69) is 31.2 Å². The standard InChI is InChI=1S/C11H26N2O/c1-11(7-5-8-12-2)14-10-6-9-13(3)4/h11-12H,5-10H2,1-4H3. The minimum atomic E-state index is 0.408. The number of nitrogens with zero attached hydrogens (tertiary/aromatic N) is 1. The molecule has 3 nitrogen and oxygen atoms in total. The molecule has 0 rings (SSSR count). The van der Waals surface area contributed by atoms with Crippen molar-refractivity contribution in [2.75, 3.05) is 40.8 Å². The van der Waals surface area contributed by atoms with Gasteiger partial charge in [0.15, 0.2) is 0 Å². The molecule has 0 bridgehead atoms. The number of ether oxygens (including phenoxy) is 1. The van der Waals surface area contributed by atoms with E-state index < -0.39 is 0 Å². The maximum atomic E-state index is 5.68. The molecule has 14 heavy (non-hydrogen) atoms. The van der Waals surface area contributed by atoms with Crippen molar-refractivity contribution in [2.24, 2.45) is 0 Å². The van der Waals surface area contributed by atoms with Crippen LogP contribution in [0.15, 0.2) is 0 Å². The van der Waals surface area contributed by atoms with E-state index in [1.54, 1.807) is 0 Å². The molecule has 0 aliphatic heterocycles. The van der Waals surface area contributed by atoms with Crippen molar-refractivity contribution in [2.45, 2.75) is 32.3 Å². The summed E-state index contributed by atoms with van der Waals surface area (Å²) in [5.74, 6) is 0. The largest absolute Gasteiger partial charge is 0.378 e. The third-order valence-electron chi connectivity index (χ3n) is 2.19. The highest BCUT2D eigenvalue weighted by molar-refractivity contribution is 4.53. The van der Waals surface area contributed by atoms with Gasteiger partial charge in [-0.2, -0.15) is 0 Å². The van der Waals surface area contributed by atoms with Gasteiger partial charge in [-0.05, 0) is 60.4 Å². The average Bonchev–Trinajstić information content (AvgIpc) is 2.13. The highest BCUT2D eigenvalue weighted by Crippen LogP contribution is 2.01. The molecule has 0 aromatic carbocycles. The van der Waals surface area contributed by atoms with E-state index in [-0.39, 0.29) is 0 Å². The number of hydrogen-bond donors (Lipinski definition) is 1. The molecule has 1 unspecified atom stereocenters. The summed E-state index contributed by atoms with van der Waals surface area (Å²) in [6, 6.07) is 0. The second-order valence-corrected chi connectivity index (χ2v) is 4.08.